The van der Waals surface area contributed by atoms with E-state index in [4.69, 9.17) is 21.3 Å². The molecule has 6 nitrogen and oxygen atoms in total. The molecule has 8 heteroatoms. The first kappa shape index (κ1) is 27.9. The van der Waals surface area contributed by atoms with Gasteiger partial charge in [-0.25, -0.2) is 4.98 Å². The maximum Gasteiger partial charge on any atom is 0.307 e. The number of thiazole rings is 1. The number of rotatable bonds is 7. The Morgan fingerprint density at radius 2 is 1.85 bits per heavy atom. The van der Waals surface area contributed by atoms with E-state index in [0.29, 0.717) is 10.8 Å². The molecule has 0 spiro atoms. The van der Waals surface area contributed by atoms with Crippen LogP contribution >= 0.6 is 22.9 Å². The van der Waals surface area contributed by atoms with Crippen LogP contribution in [0.15, 0.2) is 60.9 Å². The maximum atomic E-state index is 12.0. The SMILES string of the molecule is Cc1cc2nc(-c3cccc(-c4cnn(C(C)C)c4)c3)sc2c(-c2ccc(Cl)cc2OC(C)(C)C)c1CC(=O)O. The Morgan fingerprint density at radius 3 is 2.52 bits per heavy atom. The average molecular weight is 574 g/mol. The summed E-state index contributed by atoms with van der Waals surface area (Å²) in [6.07, 6.45) is 3.82. The summed E-state index contributed by atoms with van der Waals surface area (Å²) < 4.78 is 9.20. The van der Waals surface area contributed by atoms with Crippen molar-refractivity contribution >= 4 is 39.1 Å². The molecular formula is C32H32ClN3O3S. The fourth-order valence-corrected chi connectivity index (χ4v) is 6.03. The third-order valence-electron chi connectivity index (χ3n) is 6.54. The zero-order valence-corrected chi connectivity index (χ0v) is 25.0. The molecule has 3 aromatic carbocycles. The number of aromatic nitrogens is 3. The molecule has 0 amide bonds. The van der Waals surface area contributed by atoms with Crippen molar-refractivity contribution in [1.82, 2.24) is 14.8 Å². The molecule has 2 heterocycles. The van der Waals surface area contributed by atoms with Crippen LogP contribution in [0.25, 0.3) is 43.0 Å². The minimum absolute atomic E-state index is 0.114. The molecule has 0 fully saturated rings. The van der Waals surface area contributed by atoms with Crippen molar-refractivity contribution in [1.29, 1.82) is 0 Å². The predicted molar refractivity (Wildman–Crippen MR) is 164 cm³/mol. The summed E-state index contributed by atoms with van der Waals surface area (Å²) >= 11 is 7.94. The van der Waals surface area contributed by atoms with Crippen molar-refractivity contribution < 1.29 is 14.6 Å². The van der Waals surface area contributed by atoms with Crippen molar-refractivity contribution in [3.8, 4) is 38.6 Å². The van der Waals surface area contributed by atoms with Crippen molar-refractivity contribution in [2.24, 2.45) is 0 Å². The van der Waals surface area contributed by atoms with Crippen LogP contribution in [0.3, 0.4) is 0 Å². The standard InChI is InChI=1S/C32H32ClN3O3S/c1-18(2)36-17-22(16-34-36)20-8-7-9-21(13-20)31-35-26-12-19(3)25(15-28(37)38)29(30(26)40-31)24-11-10-23(33)14-27(24)39-32(4,5)6/h7-14,16-18H,15H2,1-6H3,(H,37,38). The largest absolute Gasteiger partial charge is 0.487 e. The molecule has 40 heavy (non-hydrogen) atoms. The molecule has 0 aliphatic carbocycles. The number of carboxylic acid groups (broad SMARTS) is 1. The monoisotopic (exact) mass is 573 g/mol. The number of carbonyl (C=O) groups is 1. The predicted octanol–water partition coefficient (Wildman–Crippen LogP) is 8.84. The second-order valence-electron chi connectivity index (χ2n) is 11.2. The van der Waals surface area contributed by atoms with Crippen LogP contribution in [0, 0.1) is 6.92 Å². The number of hydrogen-bond donors (Lipinski definition) is 1. The van der Waals surface area contributed by atoms with Crippen LogP contribution in [-0.4, -0.2) is 31.4 Å². The lowest BCUT2D eigenvalue weighted by molar-refractivity contribution is -0.136. The maximum absolute atomic E-state index is 12.0. The molecule has 0 atom stereocenters. The number of benzene rings is 3. The Kier molecular flexibility index (Phi) is 7.46. The summed E-state index contributed by atoms with van der Waals surface area (Å²) in [6.45, 7) is 12.1. The summed E-state index contributed by atoms with van der Waals surface area (Å²) in [4.78, 5) is 17.0. The lowest BCUT2D eigenvalue weighted by Crippen LogP contribution is -2.23. The zero-order chi connectivity index (χ0) is 28.8. The van der Waals surface area contributed by atoms with Gasteiger partial charge in [-0.1, -0.05) is 29.8 Å². The highest BCUT2D eigenvalue weighted by molar-refractivity contribution is 7.22. The van der Waals surface area contributed by atoms with E-state index in [9.17, 15) is 9.90 Å². The van der Waals surface area contributed by atoms with E-state index in [2.05, 4.69) is 43.3 Å². The van der Waals surface area contributed by atoms with E-state index in [0.717, 1.165) is 54.2 Å². The van der Waals surface area contributed by atoms with E-state index in [1.807, 2.05) is 62.8 Å². The Balaban J connectivity index is 1.71. The molecule has 0 saturated carbocycles. The van der Waals surface area contributed by atoms with Crippen molar-refractivity contribution in [3.63, 3.8) is 0 Å². The molecule has 0 bridgehead atoms. The molecular weight excluding hydrogens is 542 g/mol. The van der Waals surface area contributed by atoms with Gasteiger partial charge >= 0.3 is 5.97 Å². The van der Waals surface area contributed by atoms with Gasteiger partial charge in [-0.3, -0.25) is 9.48 Å². The van der Waals surface area contributed by atoms with E-state index >= 15 is 0 Å². The number of aryl methyl sites for hydroxylation is 1. The zero-order valence-electron chi connectivity index (χ0n) is 23.4. The van der Waals surface area contributed by atoms with Gasteiger partial charge in [0.05, 0.1) is 22.8 Å². The Hall–Kier alpha value is -3.68. The van der Waals surface area contributed by atoms with E-state index in [1.54, 1.807) is 17.4 Å². The van der Waals surface area contributed by atoms with Gasteiger partial charge in [-0.2, -0.15) is 5.10 Å². The van der Waals surface area contributed by atoms with Gasteiger partial charge in [0.1, 0.15) is 16.4 Å². The summed E-state index contributed by atoms with van der Waals surface area (Å²) in [5, 5.41) is 15.7. The first-order valence-electron chi connectivity index (χ1n) is 13.2. The second kappa shape index (κ2) is 10.7. The molecule has 0 aliphatic rings. The van der Waals surface area contributed by atoms with E-state index in [-0.39, 0.29) is 12.5 Å². The molecule has 1 N–H and O–H groups in total. The van der Waals surface area contributed by atoms with Crippen LogP contribution < -0.4 is 4.74 Å². The van der Waals surface area contributed by atoms with Crippen molar-refractivity contribution in [2.45, 2.75) is 59.6 Å². The second-order valence-corrected chi connectivity index (χ2v) is 12.7. The highest BCUT2D eigenvalue weighted by Gasteiger charge is 2.24. The van der Waals surface area contributed by atoms with E-state index < -0.39 is 11.6 Å². The van der Waals surface area contributed by atoms with Gasteiger partial charge in [0.25, 0.3) is 0 Å². The third kappa shape index (κ3) is 5.76. The smallest absolute Gasteiger partial charge is 0.307 e. The Bertz CT molecular complexity index is 1730. The number of carboxylic acids is 1. The minimum Gasteiger partial charge on any atom is -0.487 e. The van der Waals surface area contributed by atoms with Crippen LogP contribution in [0.1, 0.15) is 51.8 Å². The van der Waals surface area contributed by atoms with Crippen LogP contribution in [0.5, 0.6) is 5.75 Å². The number of ether oxygens (including phenoxy) is 1. The normalized spacial score (nSPS) is 11.9. The van der Waals surface area contributed by atoms with Gasteiger partial charge in [0, 0.05) is 39.5 Å². The number of nitrogens with zero attached hydrogens (tertiary/aromatic N) is 3. The summed E-state index contributed by atoms with van der Waals surface area (Å²) in [5.41, 5.74) is 6.67. The lowest BCUT2D eigenvalue weighted by atomic mass is 9.92. The van der Waals surface area contributed by atoms with Crippen molar-refractivity contribution in [2.75, 3.05) is 0 Å². The summed E-state index contributed by atoms with van der Waals surface area (Å²) in [6, 6.07) is 16.1. The number of halogens is 1. The molecule has 2 aromatic heterocycles. The molecule has 206 valence electrons. The van der Waals surface area contributed by atoms with Gasteiger partial charge in [0.2, 0.25) is 0 Å². The molecule has 0 unspecified atom stereocenters. The third-order valence-corrected chi connectivity index (χ3v) is 7.91. The minimum atomic E-state index is -0.893. The number of fused-ring (bicyclic) bond motifs is 1. The fraction of sp³-hybridized carbons (Fsp3) is 0.281. The first-order chi connectivity index (χ1) is 18.9. The van der Waals surface area contributed by atoms with Crippen LogP contribution in [0.4, 0.5) is 0 Å². The lowest BCUT2D eigenvalue weighted by Gasteiger charge is -2.24. The van der Waals surface area contributed by atoms with Crippen molar-refractivity contribution in [3.05, 3.63) is 77.1 Å². The highest BCUT2D eigenvalue weighted by Crippen LogP contribution is 2.45. The van der Waals surface area contributed by atoms with E-state index in [1.165, 1.54) is 0 Å². The van der Waals surface area contributed by atoms with Gasteiger partial charge in [-0.05, 0) is 88.6 Å². The summed E-state index contributed by atoms with van der Waals surface area (Å²) in [5.74, 6) is -0.284. The topological polar surface area (TPSA) is 77.2 Å². The number of hydrogen-bond acceptors (Lipinski definition) is 5. The molecule has 5 aromatic rings. The first-order valence-corrected chi connectivity index (χ1v) is 14.4. The fourth-order valence-electron chi connectivity index (χ4n) is 4.74. The van der Waals surface area contributed by atoms with Gasteiger partial charge in [-0.15, -0.1) is 11.3 Å². The summed E-state index contributed by atoms with van der Waals surface area (Å²) in [7, 11) is 0. The average Bonchev–Trinajstić information content (AvgIpc) is 3.52. The Morgan fingerprint density at radius 1 is 1.10 bits per heavy atom. The van der Waals surface area contributed by atoms with Gasteiger partial charge in [0.15, 0.2) is 0 Å². The van der Waals surface area contributed by atoms with Gasteiger partial charge < -0.3 is 9.84 Å². The van der Waals surface area contributed by atoms with Crippen LogP contribution in [-0.2, 0) is 11.2 Å². The molecule has 0 saturated heterocycles. The quantitative estimate of drug-likeness (QED) is 0.210. The molecule has 0 radical (unpaired) electrons. The Labute approximate surface area is 243 Å². The van der Waals surface area contributed by atoms with Crippen LogP contribution in [0.2, 0.25) is 5.02 Å². The molecule has 0 aliphatic heterocycles. The highest BCUT2D eigenvalue weighted by atomic mass is 35.5. The number of aliphatic carboxylic acids is 1. The molecule has 5 rings (SSSR count).